The summed E-state index contributed by atoms with van der Waals surface area (Å²) in [6, 6.07) is 14.3. The number of carbonyl (C=O) groups is 2. The molecular weight excluding hydrogens is 801 g/mol. The van der Waals surface area contributed by atoms with Crippen molar-refractivity contribution in [1.82, 2.24) is 15.5 Å². The van der Waals surface area contributed by atoms with E-state index in [4.69, 9.17) is 28.4 Å². The maximum atomic E-state index is 14.9. The molecule has 15 heteroatoms. The molecule has 4 N–H and O–H groups in total. The summed E-state index contributed by atoms with van der Waals surface area (Å²) in [4.78, 5) is 31.0. The molecular formula is C46H44N4O10S. The summed E-state index contributed by atoms with van der Waals surface area (Å²) >= 11 is 1.46. The largest absolute Gasteiger partial charge is 0.504 e. The van der Waals surface area contributed by atoms with Crippen molar-refractivity contribution in [2.75, 3.05) is 39.9 Å². The molecule has 2 fully saturated rings. The van der Waals surface area contributed by atoms with Gasteiger partial charge in [0.1, 0.15) is 18.4 Å². The number of rotatable bonds is 5. The molecule has 11 rings (SSSR count). The summed E-state index contributed by atoms with van der Waals surface area (Å²) in [6.45, 7) is 3.84. The number of esters is 2. The molecule has 4 aromatic carbocycles. The molecule has 0 aromatic heterocycles. The second-order valence-corrected chi connectivity index (χ2v) is 17.4. The highest BCUT2D eigenvalue weighted by atomic mass is 32.2. The van der Waals surface area contributed by atoms with Gasteiger partial charge in [0.15, 0.2) is 40.0 Å². The molecule has 1 spiro atoms. The zero-order valence-corrected chi connectivity index (χ0v) is 34.8. The molecule has 314 valence electrons. The van der Waals surface area contributed by atoms with Gasteiger partial charge >= 0.3 is 11.9 Å². The maximum absolute atomic E-state index is 14.9. The fourth-order valence-corrected chi connectivity index (χ4v) is 12.2. The minimum absolute atomic E-state index is 0.0132. The van der Waals surface area contributed by atoms with Crippen LogP contribution in [-0.4, -0.2) is 85.1 Å². The van der Waals surface area contributed by atoms with Crippen molar-refractivity contribution < 1.29 is 48.2 Å². The third-order valence-corrected chi connectivity index (χ3v) is 14.6. The van der Waals surface area contributed by atoms with E-state index in [1.165, 1.54) is 32.1 Å². The number of piperazine rings is 1. The third kappa shape index (κ3) is 5.94. The Hall–Kier alpha value is -5.92. The van der Waals surface area contributed by atoms with Gasteiger partial charge in [0.25, 0.3) is 0 Å². The van der Waals surface area contributed by atoms with Crippen LogP contribution in [0.5, 0.6) is 40.2 Å². The number of methoxy groups -OCH3 is 2. The predicted molar refractivity (Wildman–Crippen MR) is 223 cm³/mol. The monoisotopic (exact) mass is 844 g/mol. The SMILES string of the molecule is COc1cc2c(cc1O)CCN[C@]21CS[C@@H]2c3c(OC(=O)C=Cc4ccccc4)c(C)c4c(c3[C@H](COC1=O)N1C2[C@H]2N[C@@H](Cc3cc(C)c(OC)c(O)c32)[C@@H]1C#N)OCO4. The van der Waals surface area contributed by atoms with E-state index in [1.54, 1.807) is 18.2 Å². The number of ether oxygens (including phenoxy) is 6. The standard InChI is InChI=1S/C46H44N4O10S/c1-22-14-26-15-28-29(18-47)50-30-19-57-45(54)46(27-17-32(55-3)31(51)16-25(27)12-13-48-46)20-61-44(38(50)37(49-28)34(26)39(53)40(22)56-4)36-35(30)43-42(58-21-59-43)23(2)41(36)60-33(52)11-10-24-8-6-5-7-9-24/h5-11,14,16-17,28-30,37-38,44,48-49,51,53H,12-13,15,19-21H2,1-4H3/t28-,29-,30-,37-,38?,44+,46+/m0/s1. The van der Waals surface area contributed by atoms with E-state index in [9.17, 15) is 25.1 Å². The Labute approximate surface area is 356 Å². The number of benzene rings is 4. The first-order valence-corrected chi connectivity index (χ1v) is 21.3. The first-order valence-electron chi connectivity index (χ1n) is 20.3. The number of phenolic OH excluding ortho intramolecular Hbond substituents is 2. The number of aromatic hydroxyl groups is 2. The lowest BCUT2D eigenvalue weighted by atomic mass is 9.72. The molecule has 7 aliphatic heterocycles. The van der Waals surface area contributed by atoms with Gasteiger partial charge in [0.05, 0.1) is 37.6 Å². The van der Waals surface area contributed by atoms with Gasteiger partial charge < -0.3 is 44.0 Å². The number of nitrogens with one attached hydrogen (secondary N) is 2. The van der Waals surface area contributed by atoms with E-state index in [-0.39, 0.29) is 48.2 Å². The Morgan fingerprint density at radius 1 is 1.02 bits per heavy atom. The molecule has 7 aliphatic rings. The Morgan fingerprint density at radius 2 is 1.82 bits per heavy atom. The predicted octanol–water partition coefficient (Wildman–Crippen LogP) is 5.34. The van der Waals surface area contributed by atoms with E-state index < -0.39 is 46.9 Å². The molecule has 1 unspecified atom stereocenters. The average Bonchev–Trinajstić information content (AvgIpc) is 3.76. The highest BCUT2D eigenvalue weighted by Crippen LogP contribution is 2.63. The number of aryl methyl sites for hydroxylation is 1. The van der Waals surface area contributed by atoms with Gasteiger partial charge in [0.2, 0.25) is 6.79 Å². The van der Waals surface area contributed by atoms with Gasteiger partial charge in [-0.05, 0) is 72.7 Å². The topological polar surface area (TPSA) is 181 Å². The molecule has 7 heterocycles. The Kier molecular flexibility index (Phi) is 9.59. The minimum Gasteiger partial charge on any atom is -0.504 e. The highest BCUT2D eigenvalue weighted by molar-refractivity contribution is 7.99. The number of thioether (sulfide) groups is 1. The van der Waals surface area contributed by atoms with Crippen molar-refractivity contribution in [3.05, 3.63) is 105 Å². The van der Waals surface area contributed by atoms with Gasteiger partial charge in [-0.1, -0.05) is 36.4 Å². The summed E-state index contributed by atoms with van der Waals surface area (Å²) < 4.78 is 36.6. The Balaban J connectivity index is 1.21. The normalized spacial score (nSPS) is 27.0. The summed E-state index contributed by atoms with van der Waals surface area (Å²) in [6.07, 6.45) is 4.07. The van der Waals surface area contributed by atoms with Crippen LogP contribution in [0.4, 0.5) is 0 Å². The summed E-state index contributed by atoms with van der Waals surface area (Å²) in [5.74, 6) is 0.663. The Bertz CT molecular complexity index is 2580. The van der Waals surface area contributed by atoms with Crippen LogP contribution in [0.25, 0.3) is 6.08 Å². The minimum atomic E-state index is -1.39. The smallest absolute Gasteiger partial charge is 0.336 e. The molecule has 4 bridgehead atoms. The quantitative estimate of drug-likeness (QED) is 0.115. The third-order valence-electron chi connectivity index (χ3n) is 13.1. The molecule has 61 heavy (non-hydrogen) atoms. The van der Waals surface area contributed by atoms with Gasteiger partial charge in [0, 0.05) is 52.7 Å². The van der Waals surface area contributed by atoms with Gasteiger partial charge in [-0.25, -0.2) is 9.59 Å². The molecule has 0 saturated carbocycles. The molecule has 2 saturated heterocycles. The number of hydrogen-bond donors (Lipinski definition) is 4. The van der Waals surface area contributed by atoms with Crippen molar-refractivity contribution >= 4 is 29.8 Å². The number of fused-ring (bicyclic) bond motifs is 9. The lowest BCUT2D eigenvalue weighted by molar-refractivity contribution is -0.155. The van der Waals surface area contributed by atoms with Crippen LogP contribution in [0.15, 0.2) is 54.6 Å². The highest BCUT2D eigenvalue weighted by Gasteiger charge is 2.60. The van der Waals surface area contributed by atoms with Crippen molar-refractivity contribution in [2.24, 2.45) is 0 Å². The lowest BCUT2D eigenvalue weighted by Gasteiger charge is -2.59. The Morgan fingerprint density at radius 3 is 2.59 bits per heavy atom. The summed E-state index contributed by atoms with van der Waals surface area (Å²) in [7, 11) is 2.99. The number of nitriles is 1. The van der Waals surface area contributed by atoms with E-state index in [0.717, 1.165) is 22.3 Å². The van der Waals surface area contributed by atoms with Crippen LogP contribution in [0.3, 0.4) is 0 Å². The zero-order chi connectivity index (χ0) is 42.3. The van der Waals surface area contributed by atoms with E-state index in [0.29, 0.717) is 64.5 Å². The van der Waals surface area contributed by atoms with Crippen LogP contribution in [0.2, 0.25) is 0 Å². The number of nitrogens with zero attached hydrogens (tertiary/aromatic N) is 2. The van der Waals surface area contributed by atoms with Crippen LogP contribution >= 0.6 is 11.8 Å². The second-order valence-electron chi connectivity index (χ2n) is 16.2. The van der Waals surface area contributed by atoms with Crippen LogP contribution < -0.4 is 34.3 Å². The molecule has 0 aliphatic carbocycles. The van der Waals surface area contributed by atoms with Gasteiger partial charge in [-0.2, -0.15) is 5.26 Å². The van der Waals surface area contributed by atoms with E-state index in [2.05, 4.69) is 21.6 Å². The lowest BCUT2D eigenvalue weighted by Crippen LogP contribution is -2.69. The second kappa shape index (κ2) is 14.9. The molecule has 4 aromatic rings. The van der Waals surface area contributed by atoms with Crippen molar-refractivity contribution in [3.63, 3.8) is 0 Å². The molecule has 7 atom stereocenters. The number of carbonyl (C=O) groups excluding carboxylic acids is 2. The van der Waals surface area contributed by atoms with Crippen LogP contribution in [-0.2, 0) is 32.7 Å². The van der Waals surface area contributed by atoms with E-state index in [1.807, 2.05) is 50.2 Å². The fraction of sp³-hybridized carbons (Fsp3) is 0.370. The fourth-order valence-electron chi connectivity index (χ4n) is 10.5. The van der Waals surface area contributed by atoms with Crippen molar-refractivity contribution in [2.45, 2.75) is 67.7 Å². The van der Waals surface area contributed by atoms with E-state index >= 15 is 0 Å². The summed E-state index contributed by atoms with van der Waals surface area (Å²) in [5.41, 5.74) is 4.97. The number of hydrogen-bond acceptors (Lipinski definition) is 15. The van der Waals surface area contributed by atoms with Gasteiger partial charge in [-0.3, -0.25) is 10.2 Å². The number of phenols is 2. The van der Waals surface area contributed by atoms with Crippen molar-refractivity contribution in [1.29, 1.82) is 5.26 Å². The van der Waals surface area contributed by atoms with Crippen LogP contribution in [0, 0.1) is 25.2 Å². The summed E-state index contributed by atoms with van der Waals surface area (Å²) in [5, 5.41) is 40.7. The van der Waals surface area contributed by atoms with Crippen molar-refractivity contribution in [3.8, 4) is 46.3 Å². The zero-order valence-electron chi connectivity index (χ0n) is 33.9. The molecule has 0 amide bonds. The maximum Gasteiger partial charge on any atom is 0.336 e. The molecule has 14 nitrogen and oxygen atoms in total. The van der Waals surface area contributed by atoms with Gasteiger partial charge in [-0.15, -0.1) is 11.8 Å². The molecule has 0 radical (unpaired) electrons. The first-order chi connectivity index (χ1) is 29.6. The first kappa shape index (κ1) is 39.2. The van der Waals surface area contributed by atoms with Crippen LogP contribution in [0.1, 0.15) is 67.4 Å². The average molecular weight is 845 g/mol.